The van der Waals surface area contributed by atoms with E-state index in [2.05, 4.69) is 31.1 Å². The molecule has 0 aromatic heterocycles. The molecule has 1 fully saturated rings. The van der Waals surface area contributed by atoms with Crippen LogP contribution in [0.2, 0.25) is 19.6 Å². The Bertz CT molecular complexity index is 673. The highest BCUT2D eigenvalue weighted by Crippen LogP contribution is 2.34. The van der Waals surface area contributed by atoms with Gasteiger partial charge in [0, 0.05) is 5.92 Å². The van der Waals surface area contributed by atoms with Gasteiger partial charge in [-0.05, 0) is 25.0 Å². The topological polar surface area (TPSA) is 37.4 Å². The van der Waals surface area contributed by atoms with E-state index in [1.807, 2.05) is 12.1 Å². The first-order valence-electron chi connectivity index (χ1n) is 8.38. The number of benzene rings is 1. The minimum absolute atomic E-state index is 0.0694. The number of rotatable bonds is 1. The Kier molecular flexibility index (Phi) is 4.16. The zero-order valence-electron chi connectivity index (χ0n) is 14.1. The fourth-order valence-corrected chi connectivity index (χ4v) is 4.03. The zero-order chi connectivity index (χ0) is 16.6. The van der Waals surface area contributed by atoms with E-state index in [1.165, 1.54) is 4.90 Å². The first-order chi connectivity index (χ1) is 10.9. The zero-order valence-corrected chi connectivity index (χ0v) is 15.1. The van der Waals surface area contributed by atoms with Gasteiger partial charge in [-0.25, -0.2) is 0 Å². The summed E-state index contributed by atoms with van der Waals surface area (Å²) in [6.07, 6.45) is 4.04. The Morgan fingerprint density at radius 3 is 2.13 bits per heavy atom. The average molecular weight is 325 g/mol. The highest BCUT2D eigenvalue weighted by Gasteiger charge is 2.42. The molecule has 0 spiro atoms. The molecule has 2 atom stereocenters. The molecule has 4 heteroatoms. The Labute approximate surface area is 139 Å². The molecule has 23 heavy (non-hydrogen) atoms. The second-order valence-electron chi connectivity index (χ2n) is 7.50. The average Bonchev–Trinajstić information content (AvgIpc) is 2.77. The summed E-state index contributed by atoms with van der Waals surface area (Å²) in [6, 6.07) is 7.07. The van der Waals surface area contributed by atoms with Crippen LogP contribution in [-0.2, 0) is 0 Å². The van der Waals surface area contributed by atoms with Crippen LogP contribution in [0, 0.1) is 17.4 Å². The molecular formula is C19H23NO2Si. The number of fused-ring (bicyclic) bond motifs is 1. The maximum absolute atomic E-state index is 12.7. The van der Waals surface area contributed by atoms with Crippen LogP contribution in [-0.4, -0.2) is 30.8 Å². The number of hydrogen-bond acceptors (Lipinski definition) is 2. The summed E-state index contributed by atoms with van der Waals surface area (Å²) in [6.45, 7) is 6.67. The maximum Gasteiger partial charge on any atom is 0.261 e. The van der Waals surface area contributed by atoms with Gasteiger partial charge in [0.05, 0.1) is 17.2 Å². The molecular weight excluding hydrogens is 302 g/mol. The number of carbonyl (C=O) groups is 2. The van der Waals surface area contributed by atoms with E-state index in [9.17, 15) is 9.59 Å². The fourth-order valence-electron chi connectivity index (χ4n) is 3.41. The van der Waals surface area contributed by atoms with Gasteiger partial charge in [-0.15, -0.1) is 11.5 Å². The van der Waals surface area contributed by atoms with Crippen LogP contribution < -0.4 is 0 Å². The van der Waals surface area contributed by atoms with Gasteiger partial charge in [-0.2, -0.15) is 0 Å². The van der Waals surface area contributed by atoms with Gasteiger partial charge in [-0.3, -0.25) is 14.5 Å². The van der Waals surface area contributed by atoms with E-state index >= 15 is 0 Å². The van der Waals surface area contributed by atoms with Crippen LogP contribution in [0.25, 0.3) is 0 Å². The van der Waals surface area contributed by atoms with Crippen molar-refractivity contribution in [2.75, 3.05) is 0 Å². The van der Waals surface area contributed by atoms with Crippen LogP contribution in [0.1, 0.15) is 46.4 Å². The Balaban J connectivity index is 1.91. The van der Waals surface area contributed by atoms with Crippen LogP contribution in [0.5, 0.6) is 0 Å². The Morgan fingerprint density at radius 1 is 1.00 bits per heavy atom. The summed E-state index contributed by atoms with van der Waals surface area (Å²) in [5, 5.41) is 0. The number of hydrogen-bond donors (Lipinski definition) is 0. The second-order valence-corrected chi connectivity index (χ2v) is 12.3. The number of nitrogens with zero attached hydrogens (tertiary/aromatic N) is 1. The predicted octanol–water partition coefficient (Wildman–Crippen LogP) is 3.72. The lowest BCUT2D eigenvalue weighted by molar-refractivity contribution is 0.0511. The fraction of sp³-hybridized carbons (Fsp3) is 0.474. The van der Waals surface area contributed by atoms with Crippen molar-refractivity contribution in [1.29, 1.82) is 0 Å². The van der Waals surface area contributed by atoms with Crippen molar-refractivity contribution in [2.45, 2.75) is 51.4 Å². The molecule has 2 amide bonds. The van der Waals surface area contributed by atoms with Gasteiger partial charge in [0.25, 0.3) is 11.8 Å². The van der Waals surface area contributed by atoms with Crippen molar-refractivity contribution < 1.29 is 9.59 Å². The molecule has 1 aromatic rings. The third-order valence-corrected chi connectivity index (χ3v) is 5.41. The van der Waals surface area contributed by atoms with Crippen LogP contribution in [0.4, 0.5) is 0 Å². The number of imide groups is 1. The third-order valence-electron chi connectivity index (χ3n) is 4.52. The molecule has 1 aliphatic carbocycles. The van der Waals surface area contributed by atoms with E-state index in [1.54, 1.807) is 12.1 Å². The third kappa shape index (κ3) is 3.11. The lowest BCUT2D eigenvalue weighted by Crippen LogP contribution is -2.45. The minimum Gasteiger partial charge on any atom is -0.270 e. The van der Waals surface area contributed by atoms with E-state index in [4.69, 9.17) is 0 Å². The van der Waals surface area contributed by atoms with Gasteiger partial charge in [-0.1, -0.05) is 44.6 Å². The molecule has 1 heterocycles. The quantitative estimate of drug-likeness (QED) is 0.448. The lowest BCUT2D eigenvalue weighted by atomic mass is 9.84. The maximum atomic E-state index is 12.7. The van der Waals surface area contributed by atoms with Crippen molar-refractivity contribution in [3.05, 3.63) is 35.4 Å². The normalized spacial score (nSPS) is 24.2. The van der Waals surface area contributed by atoms with E-state index in [-0.39, 0.29) is 23.8 Å². The first kappa shape index (κ1) is 16.0. The van der Waals surface area contributed by atoms with Crippen LogP contribution in [0.3, 0.4) is 0 Å². The van der Waals surface area contributed by atoms with Crippen molar-refractivity contribution in [3.8, 4) is 11.5 Å². The summed E-state index contributed by atoms with van der Waals surface area (Å²) in [7, 11) is -1.46. The van der Waals surface area contributed by atoms with Crippen molar-refractivity contribution in [3.63, 3.8) is 0 Å². The molecule has 1 aromatic carbocycles. The summed E-state index contributed by atoms with van der Waals surface area (Å²) in [5.41, 5.74) is 4.52. The van der Waals surface area contributed by atoms with Gasteiger partial charge >= 0.3 is 0 Å². The lowest BCUT2D eigenvalue weighted by Gasteiger charge is -2.34. The van der Waals surface area contributed by atoms with Crippen molar-refractivity contribution >= 4 is 19.9 Å². The largest absolute Gasteiger partial charge is 0.270 e. The summed E-state index contributed by atoms with van der Waals surface area (Å²) in [5.74, 6) is 3.26. The van der Waals surface area contributed by atoms with E-state index < -0.39 is 8.07 Å². The molecule has 120 valence electrons. The van der Waals surface area contributed by atoms with Gasteiger partial charge in [0.15, 0.2) is 0 Å². The van der Waals surface area contributed by atoms with E-state index in [0.717, 1.165) is 25.7 Å². The molecule has 1 saturated carbocycles. The van der Waals surface area contributed by atoms with E-state index in [0.29, 0.717) is 11.1 Å². The smallest absolute Gasteiger partial charge is 0.261 e. The first-order valence-corrected chi connectivity index (χ1v) is 11.9. The minimum atomic E-state index is -1.46. The van der Waals surface area contributed by atoms with Crippen molar-refractivity contribution in [2.24, 2.45) is 5.92 Å². The van der Waals surface area contributed by atoms with Crippen LogP contribution >= 0.6 is 0 Å². The van der Waals surface area contributed by atoms with Crippen LogP contribution in [0.15, 0.2) is 24.3 Å². The Morgan fingerprint density at radius 2 is 1.57 bits per heavy atom. The molecule has 0 radical (unpaired) electrons. The molecule has 1 aliphatic heterocycles. The monoisotopic (exact) mass is 325 g/mol. The predicted molar refractivity (Wildman–Crippen MR) is 93.8 cm³/mol. The summed E-state index contributed by atoms with van der Waals surface area (Å²) >= 11 is 0. The molecule has 0 bridgehead atoms. The molecule has 0 saturated heterocycles. The summed E-state index contributed by atoms with van der Waals surface area (Å²) in [4.78, 5) is 26.9. The summed E-state index contributed by atoms with van der Waals surface area (Å²) < 4.78 is 0. The van der Waals surface area contributed by atoms with Gasteiger partial charge in [0.1, 0.15) is 8.07 Å². The molecule has 3 nitrogen and oxygen atoms in total. The van der Waals surface area contributed by atoms with Crippen molar-refractivity contribution in [1.82, 2.24) is 4.90 Å². The molecule has 2 aliphatic rings. The Hall–Kier alpha value is -1.86. The van der Waals surface area contributed by atoms with Gasteiger partial charge < -0.3 is 0 Å². The molecule has 0 N–H and O–H groups in total. The standard InChI is InChI=1S/C19H23NO2Si/c1-23(2,3)13-12-14-8-4-7-11-17(14)20-18(21)15-9-5-6-10-16(15)19(20)22/h5-6,9-10,14,17H,4,7-8,11H2,1-3H3/t14-,17-/m1/s1. The highest BCUT2D eigenvalue weighted by molar-refractivity contribution is 6.83. The van der Waals surface area contributed by atoms with Gasteiger partial charge in [0.2, 0.25) is 0 Å². The molecule has 3 rings (SSSR count). The number of carbonyl (C=O) groups excluding carboxylic acids is 2. The number of amides is 2. The highest BCUT2D eigenvalue weighted by atomic mass is 28.3. The SMILES string of the molecule is C[Si](C)(C)C#C[C@H]1CCCC[C@H]1N1C(=O)c2ccccc2C1=O. The second kappa shape index (κ2) is 5.97. The molecule has 0 unspecified atom stereocenters.